The van der Waals surface area contributed by atoms with Gasteiger partial charge >= 0.3 is 0 Å². The Labute approximate surface area is 117 Å². The molecule has 1 heterocycles. The first-order chi connectivity index (χ1) is 9.03. The highest BCUT2D eigenvalue weighted by molar-refractivity contribution is 7.93. The number of anilines is 1. The first-order valence-electron chi connectivity index (χ1n) is 6.05. The first-order valence-corrected chi connectivity index (χ1v) is 8.41. The molecule has 1 aromatic heterocycles. The summed E-state index contributed by atoms with van der Waals surface area (Å²) in [6, 6.07) is 7.00. The lowest BCUT2D eigenvalue weighted by atomic mass is 9.99. The second-order valence-electron chi connectivity index (χ2n) is 4.32. The van der Waals surface area contributed by atoms with E-state index < -0.39 is 10.0 Å². The van der Waals surface area contributed by atoms with Gasteiger partial charge in [0, 0.05) is 11.6 Å². The molecule has 0 aliphatic rings. The monoisotopic (exact) mass is 296 g/mol. The first kappa shape index (κ1) is 14.0. The lowest BCUT2D eigenvalue weighted by Gasteiger charge is -2.10. The molecule has 1 aromatic carbocycles. The number of benzene rings is 1. The Kier molecular flexibility index (Phi) is 4.21. The van der Waals surface area contributed by atoms with E-state index in [4.69, 9.17) is 0 Å². The lowest BCUT2D eigenvalue weighted by Crippen LogP contribution is -2.12. The van der Waals surface area contributed by atoms with Gasteiger partial charge in [0.15, 0.2) is 5.13 Å². The molecule has 6 heteroatoms. The van der Waals surface area contributed by atoms with Crippen LogP contribution in [0.15, 0.2) is 40.7 Å². The van der Waals surface area contributed by atoms with Crippen molar-refractivity contribution in [2.24, 2.45) is 0 Å². The van der Waals surface area contributed by atoms with Gasteiger partial charge in [-0.25, -0.2) is 13.4 Å². The minimum absolute atomic E-state index is 0.259. The standard InChI is InChI=1S/C13H16N2O2S2/c1-3-10(2)11-4-6-12(7-5-11)19(16,17)15-13-14-8-9-18-13/h4-10H,3H2,1-2H3,(H,14,15). The fraction of sp³-hybridized carbons (Fsp3) is 0.308. The van der Waals surface area contributed by atoms with Crippen molar-refractivity contribution in [1.29, 1.82) is 0 Å². The molecule has 19 heavy (non-hydrogen) atoms. The van der Waals surface area contributed by atoms with Crippen molar-refractivity contribution in [3.05, 3.63) is 41.4 Å². The van der Waals surface area contributed by atoms with Gasteiger partial charge in [-0.2, -0.15) is 0 Å². The van der Waals surface area contributed by atoms with Crippen LogP contribution in [-0.2, 0) is 10.0 Å². The van der Waals surface area contributed by atoms with Crippen LogP contribution in [0, 0.1) is 0 Å². The highest BCUT2D eigenvalue weighted by Crippen LogP contribution is 2.22. The van der Waals surface area contributed by atoms with Crippen LogP contribution in [0.3, 0.4) is 0 Å². The van der Waals surface area contributed by atoms with E-state index in [0.29, 0.717) is 11.0 Å². The van der Waals surface area contributed by atoms with E-state index in [2.05, 4.69) is 23.6 Å². The van der Waals surface area contributed by atoms with Crippen LogP contribution in [0.1, 0.15) is 31.7 Å². The summed E-state index contributed by atoms with van der Waals surface area (Å²) in [7, 11) is -3.53. The molecule has 0 fully saturated rings. The van der Waals surface area contributed by atoms with Crippen molar-refractivity contribution < 1.29 is 8.42 Å². The third kappa shape index (κ3) is 3.33. The van der Waals surface area contributed by atoms with Crippen LogP contribution < -0.4 is 4.72 Å². The molecule has 0 saturated heterocycles. The van der Waals surface area contributed by atoms with Crippen molar-refractivity contribution in [3.63, 3.8) is 0 Å². The summed E-state index contributed by atoms with van der Waals surface area (Å²) >= 11 is 1.25. The summed E-state index contributed by atoms with van der Waals surface area (Å²) in [5.74, 6) is 0.434. The number of nitrogens with one attached hydrogen (secondary N) is 1. The number of thiazole rings is 1. The molecule has 1 atom stereocenters. The predicted octanol–water partition coefficient (Wildman–Crippen LogP) is 3.46. The molecule has 102 valence electrons. The van der Waals surface area contributed by atoms with Crippen LogP contribution >= 0.6 is 11.3 Å². The molecule has 0 amide bonds. The maximum atomic E-state index is 12.1. The topological polar surface area (TPSA) is 59.1 Å². The van der Waals surface area contributed by atoms with Crippen molar-refractivity contribution in [2.75, 3.05) is 4.72 Å². The smallest absolute Gasteiger partial charge is 0.255 e. The summed E-state index contributed by atoms with van der Waals surface area (Å²) < 4.78 is 26.7. The molecule has 1 N–H and O–H groups in total. The van der Waals surface area contributed by atoms with Gasteiger partial charge in [-0.05, 0) is 30.0 Å². The minimum atomic E-state index is -3.53. The number of rotatable bonds is 5. The quantitative estimate of drug-likeness (QED) is 0.919. The van der Waals surface area contributed by atoms with Crippen LogP contribution in [0.25, 0.3) is 0 Å². The molecule has 1 unspecified atom stereocenters. The summed E-state index contributed by atoms with van der Waals surface area (Å²) in [4.78, 5) is 4.17. The number of hydrogen-bond donors (Lipinski definition) is 1. The average Bonchev–Trinajstić information content (AvgIpc) is 2.90. The van der Waals surface area contributed by atoms with Crippen LogP contribution in [-0.4, -0.2) is 13.4 Å². The Balaban J connectivity index is 2.21. The maximum Gasteiger partial charge on any atom is 0.263 e. The fourth-order valence-electron chi connectivity index (χ4n) is 1.66. The largest absolute Gasteiger partial charge is 0.263 e. The molecule has 0 aliphatic heterocycles. The molecule has 0 radical (unpaired) electrons. The molecule has 0 bridgehead atoms. The lowest BCUT2D eigenvalue weighted by molar-refractivity contribution is 0.601. The Morgan fingerprint density at radius 3 is 2.53 bits per heavy atom. The fourth-order valence-corrected chi connectivity index (χ4v) is 3.45. The minimum Gasteiger partial charge on any atom is -0.255 e. The summed E-state index contributed by atoms with van der Waals surface area (Å²) in [5.41, 5.74) is 1.15. The number of nitrogens with zero attached hydrogens (tertiary/aromatic N) is 1. The highest BCUT2D eigenvalue weighted by atomic mass is 32.2. The van der Waals surface area contributed by atoms with Crippen LogP contribution in [0.2, 0.25) is 0 Å². The van der Waals surface area contributed by atoms with E-state index in [9.17, 15) is 8.42 Å². The van der Waals surface area contributed by atoms with Crippen LogP contribution in [0.4, 0.5) is 5.13 Å². The highest BCUT2D eigenvalue weighted by Gasteiger charge is 2.15. The van der Waals surface area contributed by atoms with Gasteiger partial charge in [-0.15, -0.1) is 11.3 Å². The number of hydrogen-bond acceptors (Lipinski definition) is 4. The summed E-state index contributed by atoms with van der Waals surface area (Å²) in [5, 5.41) is 2.11. The number of sulfonamides is 1. The number of aromatic nitrogens is 1. The molecule has 2 aromatic rings. The van der Waals surface area contributed by atoms with E-state index in [1.807, 2.05) is 12.1 Å². The van der Waals surface area contributed by atoms with E-state index in [1.54, 1.807) is 23.7 Å². The van der Waals surface area contributed by atoms with Crippen molar-refractivity contribution in [1.82, 2.24) is 4.98 Å². The van der Waals surface area contributed by atoms with Crippen molar-refractivity contribution in [3.8, 4) is 0 Å². The van der Waals surface area contributed by atoms with E-state index >= 15 is 0 Å². The molecule has 2 rings (SSSR count). The Hall–Kier alpha value is -1.40. The predicted molar refractivity (Wildman–Crippen MR) is 78.1 cm³/mol. The third-order valence-corrected chi connectivity index (χ3v) is 5.20. The Morgan fingerprint density at radius 2 is 2.00 bits per heavy atom. The SMILES string of the molecule is CCC(C)c1ccc(S(=O)(=O)Nc2nccs2)cc1. The van der Waals surface area contributed by atoms with E-state index in [1.165, 1.54) is 11.3 Å². The van der Waals surface area contributed by atoms with Gasteiger partial charge in [-0.3, -0.25) is 4.72 Å². The van der Waals surface area contributed by atoms with Gasteiger partial charge in [0.05, 0.1) is 4.90 Å². The Morgan fingerprint density at radius 1 is 1.32 bits per heavy atom. The van der Waals surface area contributed by atoms with Crippen molar-refractivity contribution >= 4 is 26.5 Å². The molecular formula is C13H16N2O2S2. The summed E-state index contributed by atoms with van der Waals surface area (Å²) in [6.07, 6.45) is 2.60. The second kappa shape index (κ2) is 5.71. The normalized spacial score (nSPS) is 13.2. The molecule has 4 nitrogen and oxygen atoms in total. The van der Waals surface area contributed by atoms with E-state index in [0.717, 1.165) is 12.0 Å². The maximum absolute atomic E-state index is 12.1. The van der Waals surface area contributed by atoms with Gasteiger partial charge in [0.2, 0.25) is 0 Å². The van der Waals surface area contributed by atoms with Gasteiger partial charge in [-0.1, -0.05) is 26.0 Å². The molecule has 0 saturated carbocycles. The molecule has 0 spiro atoms. The molecular weight excluding hydrogens is 280 g/mol. The van der Waals surface area contributed by atoms with Crippen LogP contribution in [0.5, 0.6) is 0 Å². The van der Waals surface area contributed by atoms with E-state index in [-0.39, 0.29) is 4.90 Å². The zero-order valence-electron chi connectivity index (χ0n) is 10.8. The zero-order valence-corrected chi connectivity index (χ0v) is 12.5. The molecule has 0 aliphatic carbocycles. The second-order valence-corrected chi connectivity index (χ2v) is 6.90. The average molecular weight is 296 g/mol. The van der Waals surface area contributed by atoms with Gasteiger partial charge < -0.3 is 0 Å². The van der Waals surface area contributed by atoms with Gasteiger partial charge in [0.25, 0.3) is 10.0 Å². The summed E-state index contributed by atoms with van der Waals surface area (Å²) in [6.45, 7) is 4.23. The Bertz CT molecular complexity index is 619. The zero-order chi connectivity index (χ0) is 13.9. The van der Waals surface area contributed by atoms with Crippen molar-refractivity contribution in [2.45, 2.75) is 31.1 Å². The van der Waals surface area contributed by atoms with Gasteiger partial charge in [0.1, 0.15) is 0 Å². The third-order valence-electron chi connectivity index (χ3n) is 3.03.